The van der Waals surface area contributed by atoms with E-state index in [1.807, 2.05) is 36.4 Å². The molecule has 6 rings (SSSR count). The van der Waals surface area contributed by atoms with E-state index in [9.17, 15) is 61.7 Å². The Bertz CT molecular complexity index is 2140. The van der Waals surface area contributed by atoms with Gasteiger partial charge < -0.3 is 0 Å². The van der Waals surface area contributed by atoms with Gasteiger partial charge in [0, 0.05) is 5.56 Å². The van der Waals surface area contributed by atoms with Crippen LogP contribution in [0, 0.1) is 0 Å². The van der Waals surface area contributed by atoms with E-state index in [-0.39, 0.29) is 33.4 Å². The third-order valence-corrected chi connectivity index (χ3v) is 11.8. The molecule has 0 spiro atoms. The second-order valence-electron chi connectivity index (χ2n) is 13.6. The van der Waals surface area contributed by atoms with E-state index >= 15 is 0 Å². The third kappa shape index (κ3) is 10.3. The van der Waals surface area contributed by atoms with Crippen LogP contribution in [0.25, 0.3) is 0 Å². The minimum atomic E-state index is -4.77. The molecule has 0 N–H and O–H groups in total. The van der Waals surface area contributed by atoms with Crippen LogP contribution in [0.4, 0.5) is 52.7 Å². The van der Waals surface area contributed by atoms with Gasteiger partial charge in [-0.15, -0.1) is 0 Å². The van der Waals surface area contributed by atoms with Crippen LogP contribution >= 0.6 is 0 Å². The average Bonchev–Trinajstić information content (AvgIpc) is 3.18. The molecule has 0 amide bonds. The van der Waals surface area contributed by atoms with Gasteiger partial charge in [-0.1, -0.05) is 150 Å². The largest absolute Gasteiger partial charge is 0.416 e. The molecule has 2 nitrogen and oxygen atoms in total. The van der Waals surface area contributed by atoms with E-state index in [2.05, 4.69) is 0 Å². The summed E-state index contributed by atoms with van der Waals surface area (Å²) in [6.07, 6.45) is -20.4. The summed E-state index contributed by atoms with van der Waals surface area (Å²) in [5.74, 6) is -0.0203. The Morgan fingerprint density at radius 1 is 0.424 bits per heavy atom. The van der Waals surface area contributed by atoms with Crippen LogP contribution in [0.2, 0.25) is 0 Å². The molecule has 0 radical (unpaired) electrons. The summed E-state index contributed by atoms with van der Waals surface area (Å²) in [5.41, 5.74) is -3.68. The molecule has 6 aromatic carbocycles. The highest BCUT2D eigenvalue weighted by atomic mass is 32.2. The Hall–Kier alpha value is -5.64. The highest BCUT2D eigenvalue weighted by molar-refractivity contribution is 8.03. The standard InChI is InChI=1S/C28H16BF12.C15H15O2S/c30-25(31,32)17-1-9-21(10-2-17)29(22-11-3-18(4-12-22)26(33,34)35,23-13-5-19(6-14-23)27(36,37)38)24-15-7-20(8-16-24)28(39,40)41;1-18(17,14-10-6-3-7-11-14)12-15(16)13-8-4-2-5-9-13/h1-16H;2-11H,12H2,1H3/q-1;+1. The van der Waals surface area contributed by atoms with Crippen molar-refractivity contribution in [1.82, 2.24) is 0 Å². The van der Waals surface area contributed by atoms with Gasteiger partial charge in [-0.3, -0.25) is 4.79 Å². The van der Waals surface area contributed by atoms with Crippen LogP contribution in [-0.4, -0.2) is 23.9 Å². The van der Waals surface area contributed by atoms with E-state index < -0.39 is 63.0 Å². The molecule has 16 heteroatoms. The average molecular weight is 851 g/mol. The van der Waals surface area contributed by atoms with Gasteiger partial charge in [0.1, 0.15) is 22.3 Å². The van der Waals surface area contributed by atoms with Crippen molar-refractivity contribution in [3.05, 3.63) is 186 Å². The second-order valence-corrected chi connectivity index (χ2v) is 16.4. The molecular formula is C43H31BF12O2S. The van der Waals surface area contributed by atoms with Crippen molar-refractivity contribution < 1.29 is 61.7 Å². The summed E-state index contributed by atoms with van der Waals surface area (Å²) in [7, 11) is -2.31. The summed E-state index contributed by atoms with van der Waals surface area (Å²) < 4.78 is 173. The second kappa shape index (κ2) is 16.9. The number of carbonyl (C=O) groups is 1. The van der Waals surface area contributed by atoms with Crippen LogP contribution in [0.1, 0.15) is 32.6 Å². The van der Waals surface area contributed by atoms with Crippen molar-refractivity contribution in [3.8, 4) is 0 Å². The van der Waals surface area contributed by atoms with E-state index in [1.54, 1.807) is 30.5 Å². The molecule has 1 unspecified atom stereocenters. The van der Waals surface area contributed by atoms with Crippen LogP contribution in [0.3, 0.4) is 0 Å². The fourth-order valence-electron chi connectivity index (χ4n) is 6.75. The van der Waals surface area contributed by atoms with Gasteiger partial charge in [0.2, 0.25) is 5.78 Å². The van der Waals surface area contributed by atoms with Crippen LogP contribution in [0.5, 0.6) is 0 Å². The quantitative estimate of drug-likeness (QED) is 0.0662. The van der Waals surface area contributed by atoms with E-state index in [0.717, 1.165) is 53.4 Å². The molecule has 59 heavy (non-hydrogen) atoms. The smallest absolute Gasteiger partial charge is 0.289 e. The van der Waals surface area contributed by atoms with Gasteiger partial charge in [0.25, 0.3) is 0 Å². The normalized spacial score (nSPS) is 13.5. The van der Waals surface area contributed by atoms with Crippen LogP contribution < -0.4 is 21.9 Å². The first kappa shape index (κ1) is 44.5. The summed E-state index contributed by atoms with van der Waals surface area (Å²) in [4.78, 5) is 12.8. The van der Waals surface area contributed by atoms with Crippen molar-refractivity contribution >= 4 is 43.7 Å². The molecule has 0 saturated carbocycles. The zero-order valence-electron chi connectivity index (χ0n) is 30.6. The number of hydrogen-bond acceptors (Lipinski definition) is 2. The predicted octanol–water partition coefficient (Wildman–Crippen LogP) is 10.2. The van der Waals surface area contributed by atoms with Crippen molar-refractivity contribution in [2.75, 3.05) is 12.0 Å². The first-order valence-corrected chi connectivity index (χ1v) is 19.5. The SMILES string of the molecule is C[S+](=O)(CC(=O)c1ccccc1)c1ccccc1.FC(F)(F)c1ccc([B-](c2ccc(C(F)(F)F)cc2)(c2ccc(C(F)(F)F)cc2)c2ccc(C(F)(F)F)cc2)cc1. The molecule has 1 atom stereocenters. The lowest BCUT2D eigenvalue weighted by Crippen LogP contribution is -2.74. The van der Waals surface area contributed by atoms with Gasteiger partial charge in [-0.2, -0.15) is 74.5 Å². The number of Topliss-reactive ketones (excluding diaryl/α,β-unsaturated/α-hetero) is 1. The van der Waals surface area contributed by atoms with Gasteiger partial charge in [0.15, 0.2) is 10.6 Å². The Labute approximate surface area is 331 Å². The summed E-state index contributed by atoms with van der Waals surface area (Å²) >= 11 is 0. The summed E-state index contributed by atoms with van der Waals surface area (Å²) in [5, 5.41) is 0. The minimum absolute atomic E-state index is 0.0114. The van der Waals surface area contributed by atoms with Crippen LogP contribution in [0.15, 0.2) is 163 Å². The number of benzene rings is 6. The van der Waals surface area contributed by atoms with Gasteiger partial charge >= 0.3 is 24.7 Å². The van der Waals surface area contributed by atoms with Gasteiger partial charge in [-0.25, -0.2) is 0 Å². The van der Waals surface area contributed by atoms with Crippen molar-refractivity contribution in [2.45, 2.75) is 29.6 Å². The lowest BCUT2D eigenvalue weighted by molar-refractivity contribution is -0.138. The summed E-state index contributed by atoms with van der Waals surface area (Å²) in [6, 6.07) is 31.7. The molecule has 0 aliphatic rings. The topological polar surface area (TPSA) is 34.1 Å². The number of halogens is 12. The maximum atomic E-state index is 13.3. The van der Waals surface area contributed by atoms with Crippen molar-refractivity contribution in [2.24, 2.45) is 0 Å². The van der Waals surface area contributed by atoms with E-state index in [1.165, 1.54) is 0 Å². The molecule has 0 bridgehead atoms. The van der Waals surface area contributed by atoms with E-state index in [0.29, 0.717) is 54.1 Å². The number of alkyl halides is 12. The lowest BCUT2D eigenvalue weighted by Gasteiger charge is -2.44. The van der Waals surface area contributed by atoms with E-state index in [4.69, 9.17) is 0 Å². The minimum Gasteiger partial charge on any atom is -0.289 e. The Morgan fingerprint density at radius 3 is 0.932 bits per heavy atom. The molecule has 308 valence electrons. The Kier molecular flexibility index (Phi) is 12.8. The number of carbonyl (C=O) groups excluding carboxylic acids is 1. The maximum absolute atomic E-state index is 13.3. The number of rotatable bonds is 8. The highest BCUT2D eigenvalue weighted by Crippen LogP contribution is 2.32. The summed E-state index contributed by atoms with van der Waals surface area (Å²) in [6.45, 7) is 0. The highest BCUT2D eigenvalue weighted by Gasteiger charge is 2.38. The third-order valence-electron chi connectivity index (χ3n) is 9.70. The molecule has 0 heterocycles. The molecular weight excluding hydrogens is 819 g/mol. The molecule has 0 aliphatic carbocycles. The molecule has 0 fully saturated rings. The Balaban J connectivity index is 0.000000305. The predicted molar refractivity (Wildman–Crippen MR) is 204 cm³/mol. The van der Waals surface area contributed by atoms with Gasteiger partial charge in [-0.05, 0) is 12.1 Å². The molecule has 0 aromatic heterocycles. The zero-order valence-corrected chi connectivity index (χ0v) is 31.4. The maximum Gasteiger partial charge on any atom is 0.416 e. The van der Waals surface area contributed by atoms with Gasteiger partial charge in [0.05, 0.1) is 22.3 Å². The molecule has 0 aliphatic heterocycles. The number of ketones is 1. The van der Waals surface area contributed by atoms with Crippen molar-refractivity contribution in [3.63, 3.8) is 0 Å². The lowest BCUT2D eigenvalue weighted by atomic mass is 9.13. The first-order valence-electron chi connectivity index (χ1n) is 17.4. The Morgan fingerprint density at radius 2 is 0.678 bits per heavy atom. The fourth-order valence-corrected chi connectivity index (χ4v) is 8.31. The number of hydrogen-bond donors (Lipinski definition) is 0. The monoisotopic (exact) mass is 850 g/mol. The molecule has 0 saturated heterocycles. The first-order chi connectivity index (χ1) is 27.4. The zero-order chi connectivity index (χ0) is 43.4. The van der Waals surface area contributed by atoms with Crippen molar-refractivity contribution in [1.29, 1.82) is 0 Å². The van der Waals surface area contributed by atoms with Crippen LogP contribution in [-0.2, 0) is 38.8 Å². The molecule has 6 aromatic rings. The fraction of sp³-hybridized carbons (Fsp3) is 0.140.